The number of nitrogens with two attached hydrogens (primary N) is 1. The third-order valence-corrected chi connectivity index (χ3v) is 4.42. The minimum absolute atomic E-state index is 0.222. The van der Waals surface area contributed by atoms with Crippen molar-refractivity contribution in [3.05, 3.63) is 29.9 Å². The normalized spacial score (nSPS) is 10.8. The monoisotopic (exact) mass is 359 g/mol. The molecule has 0 aliphatic carbocycles. The van der Waals surface area contributed by atoms with E-state index in [0.717, 1.165) is 35.4 Å². The van der Waals surface area contributed by atoms with Gasteiger partial charge in [0.05, 0.1) is 16.4 Å². The first kappa shape index (κ1) is 17.2. The van der Waals surface area contributed by atoms with Gasteiger partial charge in [0.15, 0.2) is 11.6 Å². The maximum Gasteiger partial charge on any atom is 0.222 e. The van der Waals surface area contributed by atoms with Crippen molar-refractivity contribution >= 4 is 33.3 Å². The van der Waals surface area contributed by atoms with E-state index < -0.39 is 0 Å². The van der Waals surface area contributed by atoms with Crippen LogP contribution in [0.25, 0.3) is 10.2 Å². The van der Waals surface area contributed by atoms with E-state index in [0.29, 0.717) is 24.8 Å². The van der Waals surface area contributed by atoms with Crippen LogP contribution in [0.2, 0.25) is 0 Å². The van der Waals surface area contributed by atoms with Crippen LogP contribution in [0.5, 0.6) is 11.5 Å². The van der Waals surface area contributed by atoms with Gasteiger partial charge in [-0.15, -0.1) is 11.3 Å². The molecule has 0 saturated carbocycles. The molecule has 0 aromatic carbocycles. The summed E-state index contributed by atoms with van der Waals surface area (Å²) < 4.78 is 12.6. The molecule has 0 saturated heterocycles. The first-order valence-corrected chi connectivity index (χ1v) is 9.10. The molecule has 8 heteroatoms. The molecule has 0 bridgehead atoms. The van der Waals surface area contributed by atoms with Crippen LogP contribution in [0, 0.1) is 0 Å². The maximum atomic E-state index is 5.82. The second-order valence-electron chi connectivity index (χ2n) is 5.36. The molecule has 7 nitrogen and oxygen atoms in total. The summed E-state index contributed by atoms with van der Waals surface area (Å²) in [7, 11) is 0. The lowest BCUT2D eigenvalue weighted by atomic mass is 10.3. The third-order valence-electron chi connectivity index (χ3n) is 3.50. The molecule has 3 N–H and O–H groups in total. The highest BCUT2D eigenvalue weighted by Gasteiger charge is 2.08. The molecule has 3 aromatic heterocycles. The summed E-state index contributed by atoms with van der Waals surface area (Å²) >= 11 is 1.61. The van der Waals surface area contributed by atoms with Crippen molar-refractivity contribution in [3.63, 3.8) is 0 Å². The SMILES string of the molecule is CCCCNc1nc(N)ncc1OCCOc1ccnc2ccsc12. The van der Waals surface area contributed by atoms with Crippen LogP contribution < -0.4 is 20.5 Å². The fourth-order valence-electron chi connectivity index (χ4n) is 2.27. The molecule has 0 unspecified atom stereocenters. The summed E-state index contributed by atoms with van der Waals surface area (Å²) in [4.78, 5) is 12.5. The van der Waals surface area contributed by atoms with Crippen molar-refractivity contribution in [2.24, 2.45) is 0 Å². The van der Waals surface area contributed by atoms with Gasteiger partial charge in [0, 0.05) is 12.7 Å². The summed E-state index contributed by atoms with van der Waals surface area (Å²) in [6, 6.07) is 3.84. The summed E-state index contributed by atoms with van der Waals surface area (Å²) in [5.74, 6) is 2.23. The number of nitrogens with zero attached hydrogens (tertiary/aromatic N) is 3. The van der Waals surface area contributed by atoms with E-state index in [-0.39, 0.29) is 5.95 Å². The number of hydrogen-bond donors (Lipinski definition) is 2. The zero-order valence-electron chi connectivity index (χ0n) is 14.1. The van der Waals surface area contributed by atoms with Gasteiger partial charge in [-0.3, -0.25) is 4.98 Å². The number of anilines is 2. The average molecular weight is 359 g/mol. The summed E-state index contributed by atoms with van der Waals surface area (Å²) in [5, 5.41) is 5.23. The van der Waals surface area contributed by atoms with Gasteiger partial charge in [0.1, 0.15) is 19.0 Å². The predicted octanol–water partition coefficient (Wildman–Crippen LogP) is 3.34. The van der Waals surface area contributed by atoms with Crippen molar-refractivity contribution in [1.29, 1.82) is 0 Å². The van der Waals surface area contributed by atoms with E-state index in [4.69, 9.17) is 15.2 Å². The highest BCUT2D eigenvalue weighted by atomic mass is 32.1. The van der Waals surface area contributed by atoms with E-state index in [2.05, 4.69) is 27.2 Å². The fraction of sp³-hybridized carbons (Fsp3) is 0.353. The number of rotatable bonds is 9. The Bertz CT molecular complexity index is 824. The molecule has 0 spiro atoms. The largest absolute Gasteiger partial charge is 0.488 e. The molecule has 132 valence electrons. The highest BCUT2D eigenvalue weighted by molar-refractivity contribution is 7.17. The predicted molar refractivity (Wildman–Crippen MR) is 100 cm³/mol. The number of hydrogen-bond acceptors (Lipinski definition) is 8. The van der Waals surface area contributed by atoms with Crippen LogP contribution in [0.1, 0.15) is 19.8 Å². The number of ether oxygens (including phenoxy) is 2. The summed E-state index contributed by atoms with van der Waals surface area (Å²) in [5.41, 5.74) is 6.60. The zero-order valence-corrected chi connectivity index (χ0v) is 14.9. The number of aromatic nitrogens is 3. The lowest BCUT2D eigenvalue weighted by molar-refractivity contribution is 0.218. The Labute approximate surface area is 150 Å². The maximum absolute atomic E-state index is 5.82. The van der Waals surface area contributed by atoms with Gasteiger partial charge in [-0.2, -0.15) is 4.98 Å². The van der Waals surface area contributed by atoms with Gasteiger partial charge >= 0.3 is 0 Å². The minimum atomic E-state index is 0.222. The van der Waals surface area contributed by atoms with Gasteiger partial charge in [-0.25, -0.2) is 4.98 Å². The first-order valence-electron chi connectivity index (χ1n) is 8.22. The molecular weight excluding hydrogens is 338 g/mol. The van der Waals surface area contributed by atoms with E-state index >= 15 is 0 Å². The molecule has 0 radical (unpaired) electrons. The van der Waals surface area contributed by atoms with Crippen LogP contribution in [0.15, 0.2) is 29.9 Å². The van der Waals surface area contributed by atoms with Gasteiger partial charge in [0.25, 0.3) is 0 Å². The Morgan fingerprint density at radius 3 is 2.84 bits per heavy atom. The van der Waals surface area contributed by atoms with Gasteiger partial charge in [-0.05, 0) is 23.9 Å². The number of unbranched alkanes of at least 4 members (excludes halogenated alkanes) is 1. The molecule has 0 atom stereocenters. The molecule has 0 aliphatic rings. The minimum Gasteiger partial charge on any atom is -0.488 e. The van der Waals surface area contributed by atoms with Crippen LogP contribution in [-0.2, 0) is 0 Å². The van der Waals surface area contributed by atoms with Crippen molar-refractivity contribution < 1.29 is 9.47 Å². The van der Waals surface area contributed by atoms with E-state index in [1.165, 1.54) is 0 Å². The Hall–Kier alpha value is -2.61. The van der Waals surface area contributed by atoms with Crippen LogP contribution in [-0.4, -0.2) is 34.7 Å². The number of thiophene rings is 1. The van der Waals surface area contributed by atoms with E-state index in [9.17, 15) is 0 Å². The lowest BCUT2D eigenvalue weighted by Crippen LogP contribution is -2.12. The first-order chi connectivity index (χ1) is 12.3. The van der Waals surface area contributed by atoms with Crippen molar-refractivity contribution in [1.82, 2.24) is 15.0 Å². The molecule has 0 amide bonds. The van der Waals surface area contributed by atoms with Crippen molar-refractivity contribution in [2.75, 3.05) is 30.8 Å². The van der Waals surface area contributed by atoms with Crippen molar-refractivity contribution in [2.45, 2.75) is 19.8 Å². The van der Waals surface area contributed by atoms with Gasteiger partial charge < -0.3 is 20.5 Å². The third kappa shape index (κ3) is 4.48. The Morgan fingerprint density at radius 2 is 2.00 bits per heavy atom. The standard InChI is InChI=1S/C17H21N5O2S/c1-2-3-6-20-16-14(11-21-17(18)22-16)24-9-8-23-13-4-7-19-12-5-10-25-15(12)13/h4-5,7,10-11H,2-3,6,8-9H2,1H3,(H3,18,20,21,22). The molecule has 3 rings (SSSR count). The smallest absolute Gasteiger partial charge is 0.222 e. The van der Waals surface area contributed by atoms with E-state index in [1.807, 2.05) is 17.5 Å². The van der Waals surface area contributed by atoms with Crippen molar-refractivity contribution in [3.8, 4) is 11.5 Å². The Kier molecular flexibility index (Phi) is 5.84. The Morgan fingerprint density at radius 1 is 1.16 bits per heavy atom. The molecule has 3 heterocycles. The number of nitrogens with one attached hydrogen (secondary N) is 1. The molecule has 3 aromatic rings. The van der Waals surface area contributed by atoms with Crippen LogP contribution in [0.4, 0.5) is 11.8 Å². The summed E-state index contributed by atoms with van der Waals surface area (Å²) in [6.45, 7) is 3.74. The van der Waals surface area contributed by atoms with Crippen LogP contribution in [0.3, 0.4) is 0 Å². The zero-order chi connectivity index (χ0) is 17.5. The second-order valence-corrected chi connectivity index (χ2v) is 6.28. The van der Waals surface area contributed by atoms with Crippen LogP contribution >= 0.6 is 11.3 Å². The lowest BCUT2D eigenvalue weighted by Gasteiger charge is -2.13. The summed E-state index contributed by atoms with van der Waals surface area (Å²) in [6.07, 6.45) is 5.47. The van der Waals surface area contributed by atoms with E-state index in [1.54, 1.807) is 23.7 Å². The average Bonchev–Trinajstić information content (AvgIpc) is 3.10. The van der Waals surface area contributed by atoms with Gasteiger partial charge in [-0.1, -0.05) is 13.3 Å². The van der Waals surface area contributed by atoms with Gasteiger partial charge in [0.2, 0.25) is 5.95 Å². The molecule has 0 aliphatic heterocycles. The topological polar surface area (TPSA) is 95.2 Å². The molecular formula is C17H21N5O2S. The number of nitrogen functional groups attached to an aromatic ring is 1. The molecule has 25 heavy (non-hydrogen) atoms. The Balaban J connectivity index is 1.56. The molecule has 0 fully saturated rings. The second kappa shape index (κ2) is 8.48. The number of pyridine rings is 1. The highest BCUT2D eigenvalue weighted by Crippen LogP contribution is 2.28. The fourth-order valence-corrected chi connectivity index (χ4v) is 3.08. The number of fused-ring (bicyclic) bond motifs is 1. The quantitative estimate of drug-likeness (QED) is 0.566.